The number of hydrogen-bond acceptors (Lipinski definition) is 6. The van der Waals surface area contributed by atoms with Crippen LogP contribution >= 0.6 is 24.0 Å². The normalized spacial score (nSPS) is 25.0. The number of fused-ring (bicyclic) bond motifs is 4. The first kappa shape index (κ1) is 22.1. The highest BCUT2D eigenvalue weighted by atomic mass is 127. The number of halogens is 3. The van der Waals surface area contributed by atoms with Gasteiger partial charge in [-0.3, -0.25) is 14.8 Å². The summed E-state index contributed by atoms with van der Waals surface area (Å²) < 4.78 is 40.7. The maximum atomic E-state index is 12.8. The molecule has 2 N–H and O–H groups in total. The zero-order valence-corrected chi connectivity index (χ0v) is 18.5. The van der Waals surface area contributed by atoms with Gasteiger partial charge in [0.1, 0.15) is 5.75 Å². The average Bonchev–Trinajstić information content (AvgIpc) is 3.15. The number of nitrogens with zero attached hydrogens (tertiary/aromatic N) is 3. The van der Waals surface area contributed by atoms with E-state index < -0.39 is 6.61 Å². The number of ether oxygens (including phenoxy) is 3. The number of piperazine rings is 3. The summed E-state index contributed by atoms with van der Waals surface area (Å²) in [5.74, 6) is 1.59. The van der Waals surface area contributed by atoms with E-state index in [4.69, 9.17) is 9.47 Å². The average molecular weight is 525 g/mol. The quantitative estimate of drug-likeness (QED) is 0.330. The lowest BCUT2D eigenvalue weighted by Crippen LogP contribution is -2.63. The van der Waals surface area contributed by atoms with Gasteiger partial charge in [-0.1, -0.05) is 0 Å². The van der Waals surface area contributed by atoms with Crippen LogP contribution in [-0.2, 0) is 6.54 Å². The summed E-state index contributed by atoms with van der Waals surface area (Å²) in [7, 11) is 1.68. The summed E-state index contributed by atoms with van der Waals surface area (Å²) in [4.78, 5) is 9.20. The van der Waals surface area contributed by atoms with Crippen LogP contribution < -0.4 is 24.8 Å². The summed E-state index contributed by atoms with van der Waals surface area (Å²) in [5, 5.41) is 6.49. The largest absolute Gasteiger partial charge is 0.454 e. The van der Waals surface area contributed by atoms with Gasteiger partial charge in [0.15, 0.2) is 17.5 Å². The molecular formula is C18H26F2IN5O3. The molecule has 1 unspecified atom stereocenters. The number of rotatable bonds is 6. The third kappa shape index (κ3) is 5.31. The van der Waals surface area contributed by atoms with Gasteiger partial charge in [-0.25, -0.2) is 0 Å². The molecule has 162 valence electrons. The fraction of sp³-hybridized carbons (Fsp3) is 0.611. The van der Waals surface area contributed by atoms with E-state index in [0.29, 0.717) is 29.1 Å². The van der Waals surface area contributed by atoms with E-state index in [9.17, 15) is 8.78 Å². The molecule has 4 heterocycles. The van der Waals surface area contributed by atoms with Crippen LogP contribution in [-0.4, -0.2) is 81.5 Å². The van der Waals surface area contributed by atoms with Gasteiger partial charge in [-0.05, 0) is 6.07 Å². The summed E-state index contributed by atoms with van der Waals surface area (Å²) in [5.41, 5.74) is 0.541. The molecule has 1 aromatic carbocycles. The van der Waals surface area contributed by atoms with E-state index in [1.807, 2.05) is 0 Å². The van der Waals surface area contributed by atoms with Crippen molar-refractivity contribution in [3.05, 3.63) is 17.7 Å². The van der Waals surface area contributed by atoms with Crippen molar-refractivity contribution in [3.63, 3.8) is 0 Å². The Balaban J connectivity index is 0.00000240. The van der Waals surface area contributed by atoms with Crippen LogP contribution in [0.4, 0.5) is 8.78 Å². The second-order valence-corrected chi connectivity index (χ2v) is 6.99. The highest BCUT2D eigenvalue weighted by Gasteiger charge is 2.31. The molecule has 0 amide bonds. The fourth-order valence-electron chi connectivity index (χ4n) is 3.84. The van der Waals surface area contributed by atoms with Crippen LogP contribution in [0.1, 0.15) is 5.56 Å². The van der Waals surface area contributed by atoms with Gasteiger partial charge in [0.25, 0.3) is 0 Å². The van der Waals surface area contributed by atoms with Crippen LogP contribution in [0, 0.1) is 0 Å². The zero-order chi connectivity index (χ0) is 19.5. The van der Waals surface area contributed by atoms with Gasteiger partial charge in [0.05, 0.1) is 0 Å². The van der Waals surface area contributed by atoms with Crippen molar-refractivity contribution in [1.29, 1.82) is 0 Å². The third-order valence-electron chi connectivity index (χ3n) is 5.34. The molecule has 1 atom stereocenters. The Hall–Kier alpha value is -1.60. The minimum atomic E-state index is -2.91. The van der Waals surface area contributed by atoms with Crippen LogP contribution in [0.2, 0.25) is 0 Å². The first-order valence-electron chi connectivity index (χ1n) is 9.40. The predicted octanol–water partition coefficient (Wildman–Crippen LogP) is 1.30. The van der Waals surface area contributed by atoms with Gasteiger partial charge in [-0.15, -0.1) is 24.0 Å². The van der Waals surface area contributed by atoms with Crippen LogP contribution in [0.5, 0.6) is 17.2 Å². The van der Waals surface area contributed by atoms with E-state index >= 15 is 0 Å². The second kappa shape index (κ2) is 9.94. The second-order valence-electron chi connectivity index (χ2n) is 6.99. The summed E-state index contributed by atoms with van der Waals surface area (Å²) in [6, 6.07) is 3.53. The first-order chi connectivity index (χ1) is 13.6. The number of benzene rings is 1. The Morgan fingerprint density at radius 2 is 1.93 bits per heavy atom. The smallest absolute Gasteiger partial charge is 0.387 e. The minimum absolute atomic E-state index is 0. The summed E-state index contributed by atoms with van der Waals surface area (Å²) in [6.07, 6.45) is 0. The molecule has 3 saturated heterocycles. The van der Waals surface area contributed by atoms with Gasteiger partial charge in [0, 0.05) is 70.5 Å². The zero-order valence-electron chi connectivity index (χ0n) is 16.2. The molecule has 2 bridgehead atoms. The fourth-order valence-corrected chi connectivity index (χ4v) is 3.84. The molecule has 11 heteroatoms. The van der Waals surface area contributed by atoms with Crippen molar-refractivity contribution in [1.82, 2.24) is 20.4 Å². The third-order valence-corrected chi connectivity index (χ3v) is 5.34. The number of alkyl halides is 2. The molecule has 0 saturated carbocycles. The highest BCUT2D eigenvalue weighted by Crippen LogP contribution is 2.38. The van der Waals surface area contributed by atoms with Crippen LogP contribution in [0.25, 0.3) is 0 Å². The first-order valence-corrected chi connectivity index (χ1v) is 9.40. The SMILES string of the molecule is CN=C(NCc1cc2c(cc1OC(F)F)OCO2)NCC1CN2CCN1CC2.I. The molecular weight excluding hydrogens is 499 g/mol. The van der Waals surface area contributed by atoms with E-state index in [2.05, 4.69) is 30.2 Å². The highest BCUT2D eigenvalue weighted by molar-refractivity contribution is 14.0. The van der Waals surface area contributed by atoms with Crippen molar-refractivity contribution in [2.45, 2.75) is 19.2 Å². The molecule has 0 radical (unpaired) electrons. The maximum Gasteiger partial charge on any atom is 0.387 e. The van der Waals surface area contributed by atoms with Crippen LogP contribution in [0.3, 0.4) is 0 Å². The van der Waals surface area contributed by atoms with Crippen LogP contribution in [0.15, 0.2) is 17.1 Å². The monoisotopic (exact) mass is 525 g/mol. The number of guanidine groups is 1. The topological polar surface area (TPSA) is 70.6 Å². The molecule has 1 aromatic rings. The number of nitrogens with one attached hydrogen (secondary N) is 2. The molecule has 8 nitrogen and oxygen atoms in total. The van der Waals surface area contributed by atoms with E-state index in [0.717, 1.165) is 39.3 Å². The molecule has 4 aliphatic rings. The Labute approximate surface area is 185 Å². The number of hydrogen-bond donors (Lipinski definition) is 2. The minimum Gasteiger partial charge on any atom is -0.454 e. The predicted molar refractivity (Wildman–Crippen MR) is 115 cm³/mol. The molecule has 3 fully saturated rings. The standard InChI is InChI=1S/C18H25F2N5O3.HI/c1-21-18(23-9-13-10-24-2-4-25(13)5-3-24)22-8-12-6-15-16(27-11-26-15)7-14(12)28-17(19)20;/h6-7,13,17H,2-5,8-11H2,1H3,(H2,21,22,23);1H. The van der Waals surface area contributed by atoms with Gasteiger partial charge < -0.3 is 24.8 Å². The van der Waals surface area contributed by atoms with Gasteiger partial charge >= 0.3 is 6.61 Å². The van der Waals surface area contributed by atoms with Gasteiger partial charge in [0.2, 0.25) is 6.79 Å². The Morgan fingerprint density at radius 1 is 1.21 bits per heavy atom. The molecule has 0 spiro atoms. The van der Waals surface area contributed by atoms with Crippen molar-refractivity contribution in [2.75, 3.05) is 53.1 Å². The molecule has 0 aromatic heterocycles. The molecule has 4 aliphatic heterocycles. The lowest BCUT2D eigenvalue weighted by atomic mass is 10.1. The van der Waals surface area contributed by atoms with Crippen molar-refractivity contribution in [3.8, 4) is 17.2 Å². The summed E-state index contributed by atoms with van der Waals surface area (Å²) >= 11 is 0. The Morgan fingerprint density at radius 3 is 2.55 bits per heavy atom. The maximum absolute atomic E-state index is 12.8. The van der Waals surface area contributed by atoms with E-state index in [-0.39, 0.29) is 43.1 Å². The van der Waals surface area contributed by atoms with Crippen molar-refractivity contribution < 1.29 is 23.0 Å². The Kier molecular flexibility index (Phi) is 7.57. The molecule has 0 aliphatic carbocycles. The van der Waals surface area contributed by atoms with E-state index in [1.165, 1.54) is 6.07 Å². The number of aliphatic imine (C=N–C) groups is 1. The van der Waals surface area contributed by atoms with Gasteiger partial charge in [-0.2, -0.15) is 8.78 Å². The summed E-state index contributed by atoms with van der Waals surface area (Å²) in [6.45, 7) is 3.73. The lowest BCUT2D eigenvalue weighted by molar-refractivity contribution is -0.0505. The Bertz CT molecular complexity index is 732. The molecule has 29 heavy (non-hydrogen) atoms. The lowest BCUT2D eigenvalue weighted by Gasteiger charge is -2.47. The van der Waals surface area contributed by atoms with Crippen molar-refractivity contribution in [2.24, 2.45) is 4.99 Å². The molecule has 5 rings (SSSR count). The van der Waals surface area contributed by atoms with Crippen molar-refractivity contribution >= 4 is 29.9 Å². The van der Waals surface area contributed by atoms with E-state index in [1.54, 1.807) is 13.1 Å².